The number of methoxy groups -OCH3 is 1. The number of anilines is 1. The van der Waals surface area contributed by atoms with E-state index >= 15 is 0 Å². The zero-order valence-corrected chi connectivity index (χ0v) is 11.7. The first-order valence-electron chi connectivity index (χ1n) is 6.90. The molecule has 0 fully saturated rings. The molecule has 0 atom stereocenters. The van der Waals surface area contributed by atoms with Crippen LogP contribution in [0.1, 0.15) is 11.3 Å². The quantitative estimate of drug-likeness (QED) is 0.849. The topological polar surface area (TPSA) is 46.5 Å². The highest BCUT2D eigenvalue weighted by Crippen LogP contribution is 2.40. The van der Waals surface area contributed by atoms with Crippen LogP contribution in [0.15, 0.2) is 12.1 Å². The Hall–Kier alpha value is -2.01. The molecule has 20 heavy (non-hydrogen) atoms. The molecule has 0 saturated carbocycles. The number of hydrogen-bond acceptors (Lipinski definition) is 3. The standard InChI is InChI=1S/C15H17N3O2/c1-17-13-6-9(20-2)5-10-11-7-16-4-3-12(11)18(15(10)13)8-14(17)19/h5-6,16H,3-4,7-8H2,1-2H3. The molecule has 0 radical (unpaired) electrons. The number of aromatic nitrogens is 1. The van der Waals surface area contributed by atoms with Gasteiger partial charge in [-0.2, -0.15) is 0 Å². The third-order valence-corrected chi connectivity index (χ3v) is 4.44. The van der Waals surface area contributed by atoms with Crippen LogP contribution in [0.3, 0.4) is 0 Å². The summed E-state index contributed by atoms with van der Waals surface area (Å²) in [6.07, 6.45) is 0.975. The van der Waals surface area contributed by atoms with Crippen molar-refractivity contribution in [2.45, 2.75) is 19.5 Å². The van der Waals surface area contributed by atoms with Gasteiger partial charge in [-0.1, -0.05) is 0 Å². The molecule has 1 N–H and O–H groups in total. The highest BCUT2D eigenvalue weighted by atomic mass is 16.5. The van der Waals surface area contributed by atoms with Crippen molar-refractivity contribution in [3.05, 3.63) is 23.4 Å². The van der Waals surface area contributed by atoms with Crippen LogP contribution in [-0.4, -0.2) is 31.2 Å². The minimum atomic E-state index is 0.129. The normalized spacial score (nSPS) is 17.5. The maximum Gasteiger partial charge on any atom is 0.246 e. The van der Waals surface area contributed by atoms with E-state index in [-0.39, 0.29) is 5.91 Å². The molecule has 0 bridgehead atoms. The van der Waals surface area contributed by atoms with E-state index in [2.05, 4.69) is 16.0 Å². The first-order valence-corrected chi connectivity index (χ1v) is 6.90. The molecule has 2 aliphatic rings. The number of carbonyl (C=O) groups is 1. The van der Waals surface area contributed by atoms with Gasteiger partial charge in [-0.25, -0.2) is 0 Å². The van der Waals surface area contributed by atoms with Crippen LogP contribution in [-0.2, 0) is 24.3 Å². The third kappa shape index (κ3) is 1.38. The Morgan fingerprint density at radius 3 is 3.00 bits per heavy atom. The van der Waals surface area contributed by atoms with E-state index in [1.807, 2.05) is 13.1 Å². The fourth-order valence-electron chi connectivity index (χ4n) is 3.39. The van der Waals surface area contributed by atoms with Gasteiger partial charge in [0.25, 0.3) is 0 Å². The zero-order valence-electron chi connectivity index (χ0n) is 11.7. The first-order chi connectivity index (χ1) is 9.70. The minimum absolute atomic E-state index is 0.129. The minimum Gasteiger partial charge on any atom is -0.497 e. The molecule has 5 nitrogen and oxygen atoms in total. The van der Waals surface area contributed by atoms with Crippen LogP contribution in [0, 0.1) is 0 Å². The Kier molecular flexibility index (Phi) is 2.35. The predicted molar refractivity (Wildman–Crippen MR) is 77.3 cm³/mol. The lowest BCUT2D eigenvalue weighted by atomic mass is 10.1. The number of carbonyl (C=O) groups excluding carboxylic acids is 1. The van der Waals surface area contributed by atoms with Gasteiger partial charge in [0, 0.05) is 43.7 Å². The number of fused-ring (bicyclic) bond motifs is 3. The van der Waals surface area contributed by atoms with Gasteiger partial charge in [-0.15, -0.1) is 0 Å². The lowest BCUT2D eigenvalue weighted by Crippen LogP contribution is -2.35. The summed E-state index contributed by atoms with van der Waals surface area (Å²) in [4.78, 5) is 14.0. The highest BCUT2D eigenvalue weighted by molar-refractivity contribution is 6.08. The Balaban J connectivity index is 2.13. The Labute approximate surface area is 117 Å². The van der Waals surface area contributed by atoms with Crippen molar-refractivity contribution in [3.8, 4) is 5.75 Å². The number of hydrogen-bond donors (Lipinski definition) is 1. The largest absolute Gasteiger partial charge is 0.497 e. The van der Waals surface area contributed by atoms with E-state index in [1.165, 1.54) is 22.2 Å². The molecule has 0 unspecified atom stereocenters. The molecule has 2 aliphatic heterocycles. The van der Waals surface area contributed by atoms with Gasteiger partial charge in [0.1, 0.15) is 12.3 Å². The second-order valence-corrected chi connectivity index (χ2v) is 5.43. The summed E-state index contributed by atoms with van der Waals surface area (Å²) in [6, 6.07) is 4.04. The zero-order chi connectivity index (χ0) is 13.9. The molecule has 1 aromatic carbocycles. The second kappa shape index (κ2) is 3.99. The Morgan fingerprint density at radius 1 is 1.35 bits per heavy atom. The van der Waals surface area contributed by atoms with Gasteiger partial charge in [0.05, 0.1) is 18.3 Å². The van der Waals surface area contributed by atoms with E-state index in [0.29, 0.717) is 6.54 Å². The maximum atomic E-state index is 12.2. The molecule has 0 aliphatic carbocycles. The average molecular weight is 271 g/mol. The average Bonchev–Trinajstić information content (AvgIpc) is 2.79. The molecular weight excluding hydrogens is 254 g/mol. The summed E-state index contributed by atoms with van der Waals surface area (Å²) in [7, 11) is 3.50. The van der Waals surface area contributed by atoms with E-state index in [9.17, 15) is 4.79 Å². The van der Waals surface area contributed by atoms with Crippen molar-refractivity contribution in [1.82, 2.24) is 9.88 Å². The van der Waals surface area contributed by atoms with Crippen LogP contribution >= 0.6 is 0 Å². The van der Waals surface area contributed by atoms with Crippen LogP contribution in [0.2, 0.25) is 0 Å². The Bertz CT molecular complexity index is 733. The summed E-state index contributed by atoms with van der Waals surface area (Å²) in [5, 5.41) is 4.63. The van der Waals surface area contributed by atoms with Crippen molar-refractivity contribution in [2.75, 3.05) is 25.6 Å². The second-order valence-electron chi connectivity index (χ2n) is 5.43. The summed E-state index contributed by atoms with van der Waals surface area (Å²) < 4.78 is 7.60. The van der Waals surface area contributed by atoms with E-state index in [4.69, 9.17) is 4.74 Å². The predicted octanol–water partition coefficient (Wildman–Crippen LogP) is 1.27. The molecule has 0 spiro atoms. The summed E-state index contributed by atoms with van der Waals surface area (Å²) >= 11 is 0. The van der Waals surface area contributed by atoms with E-state index in [1.54, 1.807) is 12.0 Å². The van der Waals surface area contributed by atoms with Crippen molar-refractivity contribution in [1.29, 1.82) is 0 Å². The van der Waals surface area contributed by atoms with Crippen LogP contribution < -0.4 is 15.0 Å². The van der Waals surface area contributed by atoms with Crippen LogP contribution in [0.25, 0.3) is 10.9 Å². The van der Waals surface area contributed by atoms with Gasteiger partial charge in [-0.05, 0) is 11.6 Å². The molecule has 0 saturated heterocycles. The summed E-state index contributed by atoms with van der Waals surface area (Å²) in [5.74, 6) is 0.934. The van der Waals surface area contributed by atoms with Gasteiger partial charge in [0.2, 0.25) is 5.91 Å². The highest BCUT2D eigenvalue weighted by Gasteiger charge is 2.29. The van der Waals surface area contributed by atoms with Crippen LogP contribution in [0.4, 0.5) is 5.69 Å². The van der Waals surface area contributed by atoms with E-state index < -0.39 is 0 Å². The van der Waals surface area contributed by atoms with Crippen molar-refractivity contribution < 1.29 is 9.53 Å². The van der Waals surface area contributed by atoms with Gasteiger partial charge in [0.15, 0.2) is 0 Å². The lowest BCUT2D eigenvalue weighted by Gasteiger charge is -2.26. The van der Waals surface area contributed by atoms with Crippen molar-refractivity contribution in [3.63, 3.8) is 0 Å². The molecule has 1 aromatic heterocycles. The van der Waals surface area contributed by atoms with Gasteiger partial charge >= 0.3 is 0 Å². The van der Waals surface area contributed by atoms with Crippen LogP contribution in [0.5, 0.6) is 5.75 Å². The number of benzene rings is 1. The van der Waals surface area contributed by atoms with E-state index in [0.717, 1.165) is 30.9 Å². The molecule has 3 heterocycles. The number of amides is 1. The number of likely N-dealkylation sites (N-methyl/N-ethyl adjacent to an activating group) is 1. The number of nitrogens with one attached hydrogen (secondary N) is 1. The smallest absolute Gasteiger partial charge is 0.246 e. The monoisotopic (exact) mass is 271 g/mol. The fraction of sp³-hybridized carbons (Fsp3) is 0.400. The number of rotatable bonds is 1. The fourth-order valence-corrected chi connectivity index (χ4v) is 3.39. The molecule has 5 heteroatoms. The molecule has 104 valence electrons. The molecule has 4 rings (SSSR count). The Morgan fingerprint density at radius 2 is 2.20 bits per heavy atom. The third-order valence-electron chi connectivity index (χ3n) is 4.44. The number of nitrogens with zero attached hydrogens (tertiary/aromatic N) is 2. The van der Waals surface area contributed by atoms with Crippen molar-refractivity contribution in [2.24, 2.45) is 0 Å². The lowest BCUT2D eigenvalue weighted by molar-refractivity contribution is -0.119. The maximum absolute atomic E-state index is 12.2. The number of ether oxygens (including phenoxy) is 1. The molecule has 2 aromatic rings. The first kappa shape index (κ1) is 11.8. The van der Waals surface area contributed by atoms with Gasteiger partial charge < -0.3 is 19.5 Å². The summed E-state index contributed by atoms with van der Waals surface area (Å²) in [5.41, 5.74) is 4.73. The van der Waals surface area contributed by atoms with Crippen molar-refractivity contribution >= 4 is 22.5 Å². The van der Waals surface area contributed by atoms with Gasteiger partial charge in [-0.3, -0.25) is 4.79 Å². The SMILES string of the molecule is COc1cc2c3c(c1)c1c(n3CC(=O)N2C)CCNC1. The molecule has 1 amide bonds. The summed E-state index contributed by atoms with van der Waals surface area (Å²) in [6.45, 7) is 2.28. The molecular formula is C15H17N3O2.